The van der Waals surface area contributed by atoms with E-state index < -0.39 is 7.26 Å². The molecule has 0 radical (unpaired) electrons. The molecule has 0 saturated heterocycles. The number of hydrogen-bond acceptors (Lipinski definition) is 2. The van der Waals surface area contributed by atoms with Crippen LogP contribution in [-0.4, -0.2) is 4.32 Å². The van der Waals surface area contributed by atoms with E-state index in [2.05, 4.69) is 102 Å². The first-order valence-corrected chi connectivity index (χ1v) is 11.7. The van der Waals surface area contributed by atoms with E-state index in [4.69, 9.17) is 0 Å². The molecule has 0 nitrogen and oxygen atoms in total. The van der Waals surface area contributed by atoms with E-state index in [0.29, 0.717) is 4.32 Å². The Labute approximate surface area is 152 Å². The molecule has 0 bridgehead atoms. The Morgan fingerprint density at radius 3 is 1.17 bits per heavy atom. The summed E-state index contributed by atoms with van der Waals surface area (Å²) in [7, 11) is -1.74. The molecule has 4 rings (SSSR count). The minimum Gasteiger partial charge on any atom is -0.0770 e. The standard InChI is InChI=1S/C21H18PS2/c1-4-10-18(11-5-1)22(21-23-16-17-24-21,19-12-6-2-7-13-19)20-14-8-3-9-15-20/h1-17,21H/q+1. The zero-order valence-electron chi connectivity index (χ0n) is 13.2. The molecule has 1 aliphatic rings. The minimum atomic E-state index is -1.74. The Balaban J connectivity index is 2.03. The van der Waals surface area contributed by atoms with Crippen LogP contribution in [0.25, 0.3) is 0 Å². The summed E-state index contributed by atoms with van der Waals surface area (Å²) in [5.74, 6) is 0. The highest BCUT2D eigenvalue weighted by Crippen LogP contribution is 2.68. The van der Waals surface area contributed by atoms with Crippen molar-refractivity contribution in [3.05, 3.63) is 102 Å². The van der Waals surface area contributed by atoms with E-state index in [1.54, 1.807) is 0 Å². The first kappa shape index (κ1) is 16.0. The number of benzene rings is 3. The van der Waals surface area contributed by atoms with Crippen LogP contribution in [0.4, 0.5) is 0 Å². The summed E-state index contributed by atoms with van der Waals surface area (Å²) in [6.07, 6.45) is 0. The normalized spacial score (nSPS) is 14.8. The Morgan fingerprint density at radius 2 is 0.833 bits per heavy atom. The summed E-state index contributed by atoms with van der Waals surface area (Å²) < 4.78 is 0.490. The van der Waals surface area contributed by atoms with Crippen molar-refractivity contribution in [3.63, 3.8) is 0 Å². The van der Waals surface area contributed by atoms with Crippen LogP contribution in [0.1, 0.15) is 0 Å². The van der Waals surface area contributed by atoms with Crippen molar-refractivity contribution in [2.45, 2.75) is 4.32 Å². The molecule has 0 aromatic heterocycles. The van der Waals surface area contributed by atoms with Crippen molar-refractivity contribution in [1.29, 1.82) is 0 Å². The maximum absolute atomic E-state index is 2.31. The van der Waals surface area contributed by atoms with E-state index in [9.17, 15) is 0 Å². The topological polar surface area (TPSA) is 0 Å². The lowest BCUT2D eigenvalue weighted by atomic mass is 10.4. The van der Waals surface area contributed by atoms with E-state index in [1.807, 2.05) is 23.5 Å². The Bertz CT molecular complexity index is 712. The maximum atomic E-state index is 2.31. The number of hydrogen-bond donors (Lipinski definition) is 0. The van der Waals surface area contributed by atoms with Gasteiger partial charge in [-0.1, -0.05) is 78.1 Å². The van der Waals surface area contributed by atoms with Gasteiger partial charge in [0, 0.05) is 0 Å². The van der Waals surface area contributed by atoms with Crippen molar-refractivity contribution in [3.8, 4) is 0 Å². The minimum absolute atomic E-state index is 0.490. The Hall–Kier alpha value is -1.47. The largest absolute Gasteiger partial charge is 0.181 e. The van der Waals surface area contributed by atoms with Crippen LogP contribution in [0.2, 0.25) is 0 Å². The van der Waals surface area contributed by atoms with Crippen molar-refractivity contribution in [1.82, 2.24) is 0 Å². The van der Waals surface area contributed by atoms with Gasteiger partial charge in [0.1, 0.15) is 23.2 Å². The van der Waals surface area contributed by atoms with Crippen molar-refractivity contribution in [2.75, 3.05) is 0 Å². The molecule has 1 heterocycles. The maximum Gasteiger partial charge on any atom is 0.181 e. The van der Waals surface area contributed by atoms with E-state index >= 15 is 0 Å². The third-order valence-electron chi connectivity index (χ3n) is 4.25. The van der Waals surface area contributed by atoms with Gasteiger partial charge in [-0.2, -0.15) is 0 Å². The van der Waals surface area contributed by atoms with Gasteiger partial charge in [0.15, 0.2) is 4.32 Å². The molecule has 118 valence electrons. The van der Waals surface area contributed by atoms with Crippen molar-refractivity contribution >= 4 is 46.7 Å². The van der Waals surface area contributed by atoms with Crippen LogP contribution >= 0.6 is 30.8 Å². The number of rotatable bonds is 4. The highest BCUT2D eigenvalue weighted by molar-refractivity contribution is 8.33. The van der Waals surface area contributed by atoms with Gasteiger partial charge >= 0.3 is 0 Å². The average Bonchev–Trinajstić information content (AvgIpc) is 3.20. The summed E-state index contributed by atoms with van der Waals surface area (Å²) in [5.41, 5.74) is 0. The Morgan fingerprint density at radius 1 is 0.500 bits per heavy atom. The first-order chi connectivity index (χ1) is 11.9. The summed E-state index contributed by atoms with van der Waals surface area (Å²) >= 11 is 3.93. The SMILES string of the molecule is C1=CSC([P+](c2ccccc2)(c2ccccc2)c2ccccc2)S1. The van der Waals surface area contributed by atoms with Crippen molar-refractivity contribution in [2.24, 2.45) is 0 Å². The summed E-state index contributed by atoms with van der Waals surface area (Å²) in [4.78, 5) is 0. The van der Waals surface area contributed by atoms with Crippen LogP contribution < -0.4 is 15.9 Å². The molecular formula is C21H18PS2+. The fraction of sp³-hybridized carbons (Fsp3) is 0.0476. The van der Waals surface area contributed by atoms with Crippen molar-refractivity contribution < 1.29 is 0 Å². The highest BCUT2D eigenvalue weighted by Gasteiger charge is 2.53. The molecule has 0 spiro atoms. The molecule has 3 aromatic rings. The quantitative estimate of drug-likeness (QED) is 0.582. The van der Waals surface area contributed by atoms with Gasteiger partial charge in [-0.25, -0.2) is 0 Å². The Kier molecular flexibility index (Phi) is 4.80. The average molecular weight is 365 g/mol. The molecule has 0 N–H and O–H groups in total. The first-order valence-electron chi connectivity index (χ1n) is 7.94. The van der Waals surface area contributed by atoms with Gasteiger partial charge in [0.2, 0.25) is 0 Å². The molecule has 3 heteroatoms. The zero-order valence-corrected chi connectivity index (χ0v) is 15.7. The predicted molar refractivity (Wildman–Crippen MR) is 113 cm³/mol. The molecule has 1 aliphatic heterocycles. The summed E-state index contributed by atoms with van der Waals surface area (Å²) in [5, 5.41) is 8.86. The smallest absolute Gasteiger partial charge is 0.0770 e. The number of thioether (sulfide) groups is 2. The zero-order chi connectivity index (χ0) is 16.2. The van der Waals surface area contributed by atoms with E-state index in [0.717, 1.165) is 0 Å². The second kappa shape index (κ2) is 7.19. The lowest BCUT2D eigenvalue weighted by molar-refractivity contribution is 1.70. The van der Waals surface area contributed by atoms with Gasteiger partial charge in [0.05, 0.1) is 0 Å². The molecule has 0 atom stereocenters. The second-order valence-corrected chi connectivity index (χ2v) is 12.1. The fourth-order valence-electron chi connectivity index (χ4n) is 3.21. The third kappa shape index (κ3) is 2.73. The molecular weight excluding hydrogens is 347 g/mol. The molecule has 0 aliphatic carbocycles. The molecule has 0 amide bonds. The predicted octanol–water partition coefficient (Wildman–Crippen LogP) is 5.22. The monoisotopic (exact) mass is 365 g/mol. The van der Waals surface area contributed by atoms with Crippen LogP contribution in [-0.2, 0) is 0 Å². The van der Waals surface area contributed by atoms with E-state index in [1.165, 1.54) is 15.9 Å². The highest BCUT2D eigenvalue weighted by atomic mass is 32.2. The molecule has 0 fully saturated rings. The third-order valence-corrected chi connectivity index (χ3v) is 12.7. The van der Waals surface area contributed by atoms with Gasteiger partial charge in [-0.15, -0.1) is 0 Å². The van der Waals surface area contributed by atoms with Gasteiger partial charge in [-0.05, 0) is 47.2 Å². The molecule has 0 saturated carbocycles. The second-order valence-electron chi connectivity index (χ2n) is 5.58. The van der Waals surface area contributed by atoms with E-state index in [-0.39, 0.29) is 0 Å². The van der Waals surface area contributed by atoms with Gasteiger partial charge in [-0.3, -0.25) is 0 Å². The van der Waals surface area contributed by atoms with Crippen LogP contribution in [0.5, 0.6) is 0 Å². The molecule has 24 heavy (non-hydrogen) atoms. The summed E-state index contributed by atoms with van der Waals surface area (Å²) in [6, 6.07) is 33.3. The lowest BCUT2D eigenvalue weighted by Crippen LogP contribution is -2.35. The van der Waals surface area contributed by atoms with Gasteiger partial charge in [0.25, 0.3) is 0 Å². The van der Waals surface area contributed by atoms with Crippen LogP contribution in [0, 0.1) is 0 Å². The summed E-state index contributed by atoms with van der Waals surface area (Å²) in [6.45, 7) is 0. The van der Waals surface area contributed by atoms with Crippen LogP contribution in [0.3, 0.4) is 0 Å². The van der Waals surface area contributed by atoms with Crippen LogP contribution in [0.15, 0.2) is 102 Å². The molecule has 0 unspecified atom stereocenters. The fourth-order valence-corrected chi connectivity index (χ4v) is 12.3. The van der Waals surface area contributed by atoms with Gasteiger partial charge < -0.3 is 0 Å². The lowest BCUT2D eigenvalue weighted by Gasteiger charge is -2.31. The molecule has 3 aromatic carbocycles.